The van der Waals surface area contributed by atoms with Gasteiger partial charge in [0.1, 0.15) is 12.0 Å². The number of carboxylic acids is 1. The maximum atomic E-state index is 10.8. The van der Waals surface area contributed by atoms with Gasteiger partial charge in [0.25, 0.3) is 0 Å². The van der Waals surface area contributed by atoms with Gasteiger partial charge in [-0.15, -0.1) is 0 Å². The number of ether oxygens (including phenoxy) is 1. The molecule has 1 heterocycles. The molecule has 1 aromatic heterocycles. The fraction of sp³-hybridized carbons (Fsp3) is 0.154. The molecule has 1 amide bonds. The van der Waals surface area contributed by atoms with Gasteiger partial charge in [-0.25, -0.2) is 14.6 Å². The molecule has 0 aliphatic heterocycles. The Morgan fingerprint density at radius 2 is 2.25 bits per heavy atom. The van der Waals surface area contributed by atoms with E-state index in [1.54, 1.807) is 18.2 Å². The number of hydrogen-bond donors (Lipinski definition) is 2. The van der Waals surface area contributed by atoms with E-state index in [-0.39, 0.29) is 0 Å². The highest BCUT2D eigenvalue weighted by Crippen LogP contribution is 2.05. The van der Waals surface area contributed by atoms with Crippen molar-refractivity contribution in [2.75, 3.05) is 13.7 Å². The SMILES string of the molecule is COC(=O)NC/C=C\c1nc(/C=C/C=C\C(=O)O)co1. The number of amides is 1. The number of carbonyl (C=O) groups excluding carboxylic acids is 1. The largest absolute Gasteiger partial charge is 0.478 e. The van der Waals surface area contributed by atoms with Crippen LogP contribution < -0.4 is 5.32 Å². The van der Waals surface area contributed by atoms with E-state index < -0.39 is 12.1 Å². The normalized spacial score (nSPS) is 11.4. The van der Waals surface area contributed by atoms with E-state index >= 15 is 0 Å². The molecular formula is C13H14N2O5. The highest BCUT2D eigenvalue weighted by Gasteiger charge is 1.97. The van der Waals surface area contributed by atoms with Gasteiger partial charge < -0.3 is 19.6 Å². The van der Waals surface area contributed by atoms with Gasteiger partial charge in [-0.1, -0.05) is 18.2 Å². The summed E-state index contributed by atoms with van der Waals surface area (Å²) in [7, 11) is 1.28. The number of allylic oxidation sites excluding steroid dienone is 2. The summed E-state index contributed by atoms with van der Waals surface area (Å²) < 4.78 is 9.54. The molecule has 0 bridgehead atoms. The van der Waals surface area contributed by atoms with Crippen LogP contribution in [0.5, 0.6) is 0 Å². The Labute approximate surface area is 115 Å². The first kappa shape index (κ1) is 15.2. The van der Waals surface area contributed by atoms with E-state index in [1.165, 1.54) is 25.5 Å². The van der Waals surface area contributed by atoms with Crippen molar-refractivity contribution in [1.82, 2.24) is 10.3 Å². The van der Waals surface area contributed by atoms with Crippen molar-refractivity contribution in [3.8, 4) is 0 Å². The Morgan fingerprint density at radius 3 is 2.95 bits per heavy atom. The van der Waals surface area contributed by atoms with E-state index in [0.717, 1.165) is 6.08 Å². The third-order valence-electron chi connectivity index (χ3n) is 1.97. The van der Waals surface area contributed by atoms with Gasteiger partial charge in [-0.05, 0) is 12.2 Å². The lowest BCUT2D eigenvalue weighted by Gasteiger charge is -1.97. The van der Waals surface area contributed by atoms with E-state index in [4.69, 9.17) is 9.52 Å². The van der Waals surface area contributed by atoms with Gasteiger partial charge in [-0.2, -0.15) is 0 Å². The highest BCUT2D eigenvalue weighted by atomic mass is 16.5. The zero-order valence-corrected chi connectivity index (χ0v) is 10.8. The molecular weight excluding hydrogens is 264 g/mol. The van der Waals surface area contributed by atoms with Crippen molar-refractivity contribution in [2.45, 2.75) is 0 Å². The van der Waals surface area contributed by atoms with Crippen LogP contribution in [0.1, 0.15) is 11.6 Å². The number of carboxylic acid groups (broad SMARTS) is 1. The van der Waals surface area contributed by atoms with E-state index in [0.29, 0.717) is 18.1 Å². The molecule has 7 heteroatoms. The van der Waals surface area contributed by atoms with Crippen molar-refractivity contribution in [1.29, 1.82) is 0 Å². The lowest BCUT2D eigenvalue weighted by atomic mass is 10.4. The Bertz CT molecular complexity index is 543. The predicted molar refractivity (Wildman–Crippen MR) is 71.8 cm³/mol. The number of aromatic nitrogens is 1. The average Bonchev–Trinajstić information content (AvgIpc) is 2.87. The third kappa shape index (κ3) is 6.20. The van der Waals surface area contributed by atoms with Crippen molar-refractivity contribution in [3.63, 3.8) is 0 Å². The van der Waals surface area contributed by atoms with Gasteiger partial charge in [0.05, 0.1) is 7.11 Å². The van der Waals surface area contributed by atoms with Crippen LogP contribution in [0.2, 0.25) is 0 Å². The van der Waals surface area contributed by atoms with Crippen LogP contribution in [0.4, 0.5) is 4.79 Å². The maximum Gasteiger partial charge on any atom is 0.407 e. The second-order valence-electron chi connectivity index (χ2n) is 3.44. The lowest BCUT2D eigenvalue weighted by molar-refractivity contribution is -0.131. The molecule has 0 radical (unpaired) electrons. The number of nitrogens with one attached hydrogen (secondary N) is 1. The van der Waals surface area contributed by atoms with Gasteiger partial charge >= 0.3 is 12.1 Å². The minimum absolute atomic E-state index is 0.293. The number of methoxy groups -OCH3 is 1. The number of oxazole rings is 1. The van der Waals surface area contributed by atoms with Gasteiger partial charge in [0.2, 0.25) is 5.89 Å². The number of hydrogen-bond acceptors (Lipinski definition) is 5. The number of alkyl carbamates (subject to hydrolysis) is 1. The van der Waals surface area contributed by atoms with Crippen molar-refractivity contribution < 1.29 is 23.8 Å². The molecule has 0 unspecified atom stereocenters. The zero-order chi connectivity index (χ0) is 14.8. The van der Waals surface area contributed by atoms with E-state index in [1.807, 2.05) is 0 Å². The molecule has 2 N–H and O–H groups in total. The van der Waals surface area contributed by atoms with Crippen molar-refractivity contribution >= 4 is 24.2 Å². The molecule has 0 aliphatic rings. The molecule has 0 saturated heterocycles. The summed E-state index contributed by atoms with van der Waals surface area (Å²) in [6.45, 7) is 0.293. The van der Waals surface area contributed by atoms with Crippen LogP contribution in [-0.2, 0) is 9.53 Å². The van der Waals surface area contributed by atoms with E-state index in [9.17, 15) is 9.59 Å². The van der Waals surface area contributed by atoms with Crippen LogP contribution in [0, 0.1) is 0 Å². The molecule has 0 atom stereocenters. The molecule has 1 rings (SSSR count). The standard InChI is InChI=1S/C13H14N2O5/c1-19-13(18)14-8-4-6-11-15-10(9-20-11)5-2-3-7-12(16)17/h2-7,9H,8H2,1H3,(H,14,18)(H,16,17)/b5-2+,6-4-,7-3-. The first-order valence-electron chi connectivity index (χ1n) is 5.63. The summed E-state index contributed by atoms with van der Waals surface area (Å²) >= 11 is 0. The smallest absolute Gasteiger partial charge is 0.407 e. The quantitative estimate of drug-likeness (QED) is 0.606. The number of carbonyl (C=O) groups is 2. The summed E-state index contributed by atoms with van der Waals surface area (Å²) in [5, 5.41) is 10.9. The number of nitrogens with zero attached hydrogens (tertiary/aromatic N) is 1. The fourth-order valence-electron chi connectivity index (χ4n) is 1.12. The second-order valence-corrected chi connectivity index (χ2v) is 3.44. The highest BCUT2D eigenvalue weighted by molar-refractivity contribution is 5.80. The predicted octanol–water partition coefficient (Wildman–Crippen LogP) is 1.70. The Hall–Kier alpha value is -2.83. The molecule has 1 aromatic rings. The van der Waals surface area contributed by atoms with Crippen LogP contribution in [0.3, 0.4) is 0 Å². The molecule has 0 fully saturated rings. The summed E-state index contributed by atoms with van der Waals surface area (Å²) in [5.74, 6) is -0.643. The van der Waals surface area contributed by atoms with Crippen LogP contribution in [-0.4, -0.2) is 35.8 Å². The average molecular weight is 278 g/mol. The Balaban J connectivity index is 2.45. The number of aliphatic carboxylic acids is 1. The van der Waals surface area contributed by atoms with E-state index in [2.05, 4.69) is 15.0 Å². The van der Waals surface area contributed by atoms with Gasteiger partial charge in [-0.3, -0.25) is 0 Å². The summed E-state index contributed by atoms with van der Waals surface area (Å²) in [6.07, 6.45) is 9.70. The third-order valence-corrected chi connectivity index (χ3v) is 1.97. The molecule has 0 saturated carbocycles. The van der Waals surface area contributed by atoms with Crippen LogP contribution in [0.15, 0.2) is 35.0 Å². The molecule has 20 heavy (non-hydrogen) atoms. The molecule has 0 spiro atoms. The second kappa shape index (κ2) is 8.30. The summed E-state index contributed by atoms with van der Waals surface area (Å²) in [5.41, 5.74) is 0.556. The summed E-state index contributed by atoms with van der Waals surface area (Å²) in [4.78, 5) is 25.1. The Morgan fingerprint density at radius 1 is 1.45 bits per heavy atom. The molecule has 0 aromatic carbocycles. The molecule has 7 nitrogen and oxygen atoms in total. The fourth-order valence-corrected chi connectivity index (χ4v) is 1.12. The van der Waals surface area contributed by atoms with Crippen molar-refractivity contribution in [3.05, 3.63) is 42.2 Å². The monoisotopic (exact) mass is 278 g/mol. The topological polar surface area (TPSA) is 102 Å². The Kier molecular flexibility index (Phi) is 6.32. The minimum Gasteiger partial charge on any atom is -0.478 e. The van der Waals surface area contributed by atoms with Crippen LogP contribution in [0.25, 0.3) is 12.2 Å². The van der Waals surface area contributed by atoms with Gasteiger partial charge in [0.15, 0.2) is 0 Å². The minimum atomic E-state index is -1.02. The van der Waals surface area contributed by atoms with Gasteiger partial charge in [0, 0.05) is 12.6 Å². The summed E-state index contributed by atoms with van der Waals surface area (Å²) in [6, 6.07) is 0. The first-order chi connectivity index (χ1) is 9.61. The van der Waals surface area contributed by atoms with Crippen LogP contribution >= 0.6 is 0 Å². The van der Waals surface area contributed by atoms with Crippen molar-refractivity contribution in [2.24, 2.45) is 0 Å². The zero-order valence-electron chi connectivity index (χ0n) is 10.8. The lowest BCUT2D eigenvalue weighted by Crippen LogP contribution is -2.22. The maximum absolute atomic E-state index is 10.8. The number of rotatable bonds is 6. The molecule has 0 aliphatic carbocycles. The molecule has 106 valence electrons. The first-order valence-corrected chi connectivity index (χ1v) is 5.63.